The molecule has 0 aromatic heterocycles. The molecular formula is C19H25N3O5. The highest BCUT2D eigenvalue weighted by molar-refractivity contribution is 6.01. The van der Waals surface area contributed by atoms with Crippen molar-refractivity contribution < 1.29 is 23.8 Å². The summed E-state index contributed by atoms with van der Waals surface area (Å²) in [5.41, 5.74) is 1.90. The number of methoxy groups -OCH3 is 3. The van der Waals surface area contributed by atoms with Gasteiger partial charge in [0, 0.05) is 6.54 Å². The van der Waals surface area contributed by atoms with Crippen LogP contribution in [0.2, 0.25) is 0 Å². The molecular weight excluding hydrogens is 350 g/mol. The zero-order valence-electron chi connectivity index (χ0n) is 16.0. The third kappa shape index (κ3) is 3.39. The Hall–Kier alpha value is -2.90. The van der Waals surface area contributed by atoms with Crippen molar-refractivity contribution in [2.24, 2.45) is 0 Å². The SMILES string of the molecule is CCCCN1CC2=C(C1=O)[C@H](c1cc(OC)c(OC)c(OC)c1)NC(=O)N2. The van der Waals surface area contributed by atoms with E-state index in [2.05, 4.69) is 17.6 Å². The molecule has 3 amide bonds. The van der Waals surface area contributed by atoms with E-state index < -0.39 is 6.04 Å². The van der Waals surface area contributed by atoms with Gasteiger partial charge in [0.15, 0.2) is 11.5 Å². The number of urea groups is 1. The highest BCUT2D eigenvalue weighted by Crippen LogP contribution is 2.42. The minimum absolute atomic E-state index is 0.0651. The quantitative estimate of drug-likeness (QED) is 0.761. The monoisotopic (exact) mass is 375 g/mol. The number of hydrogen-bond donors (Lipinski definition) is 2. The molecule has 2 heterocycles. The lowest BCUT2D eigenvalue weighted by Crippen LogP contribution is -2.44. The maximum atomic E-state index is 13.0. The molecule has 0 aliphatic carbocycles. The molecule has 1 aromatic carbocycles. The van der Waals surface area contributed by atoms with Gasteiger partial charge in [0.2, 0.25) is 5.75 Å². The van der Waals surface area contributed by atoms with E-state index in [0.717, 1.165) is 12.8 Å². The average Bonchev–Trinajstić information content (AvgIpc) is 2.99. The van der Waals surface area contributed by atoms with E-state index in [0.29, 0.717) is 47.2 Å². The zero-order valence-corrected chi connectivity index (χ0v) is 16.0. The Kier molecular flexibility index (Phi) is 5.43. The van der Waals surface area contributed by atoms with E-state index in [-0.39, 0.29) is 11.9 Å². The number of unbranched alkanes of at least 4 members (excludes halogenated alkanes) is 1. The van der Waals surface area contributed by atoms with Crippen molar-refractivity contribution in [2.45, 2.75) is 25.8 Å². The molecule has 2 N–H and O–H groups in total. The first-order chi connectivity index (χ1) is 13.0. The lowest BCUT2D eigenvalue weighted by Gasteiger charge is -2.26. The second-order valence-electron chi connectivity index (χ2n) is 6.46. The summed E-state index contributed by atoms with van der Waals surface area (Å²) in [5.74, 6) is 1.33. The Morgan fingerprint density at radius 2 is 1.78 bits per heavy atom. The lowest BCUT2D eigenvalue weighted by atomic mass is 9.95. The van der Waals surface area contributed by atoms with Gasteiger partial charge in [-0.1, -0.05) is 13.3 Å². The van der Waals surface area contributed by atoms with E-state index in [1.165, 1.54) is 21.3 Å². The molecule has 0 unspecified atom stereocenters. The molecule has 2 aliphatic heterocycles. The van der Waals surface area contributed by atoms with Crippen LogP contribution in [0.1, 0.15) is 31.4 Å². The zero-order chi connectivity index (χ0) is 19.6. The summed E-state index contributed by atoms with van der Waals surface area (Å²) in [4.78, 5) is 26.9. The molecule has 0 bridgehead atoms. The van der Waals surface area contributed by atoms with Gasteiger partial charge in [-0.15, -0.1) is 0 Å². The fourth-order valence-electron chi connectivity index (χ4n) is 3.48. The van der Waals surface area contributed by atoms with Crippen molar-refractivity contribution >= 4 is 11.9 Å². The fraction of sp³-hybridized carbons (Fsp3) is 0.474. The Balaban J connectivity index is 2.02. The van der Waals surface area contributed by atoms with E-state index in [1.54, 1.807) is 17.0 Å². The van der Waals surface area contributed by atoms with E-state index in [9.17, 15) is 9.59 Å². The number of hydrogen-bond acceptors (Lipinski definition) is 5. The minimum atomic E-state index is -0.582. The topological polar surface area (TPSA) is 89.1 Å². The summed E-state index contributed by atoms with van der Waals surface area (Å²) < 4.78 is 16.2. The summed E-state index contributed by atoms with van der Waals surface area (Å²) in [6, 6.07) is 2.59. The molecule has 0 spiro atoms. The van der Waals surface area contributed by atoms with Crippen molar-refractivity contribution in [3.05, 3.63) is 29.0 Å². The van der Waals surface area contributed by atoms with Crippen LogP contribution in [0.15, 0.2) is 23.4 Å². The second kappa shape index (κ2) is 7.77. The molecule has 1 aromatic rings. The number of carbonyl (C=O) groups excluding carboxylic acids is 2. The van der Waals surface area contributed by atoms with E-state index in [1.807, 2.05) is 0 Å². The molecule has 3 rings (SSSR count). The van der Waals surface area contributed by atoms with Gasteiger partial charge in [-0.2, -0.15) is 0 Å². The van der Waals surface area contributed by atoms with Crippen molar-refractivity contribution in [3.8, 4) is 17.2 Å². The van der Waals surface area contributed by atoms with Gasteiger partial charge in [-0.3, -0.25) is 4.79 Å². The lowest BCUT2D eigenvalue weighted by molar-refractivity contribution is -0.125. The summed E-state index contributed by atoms with van der Waals surface area (Å²) in [6.45, 7) is 3.17. The number of ether oxygens (including phenoxy) is 3. The number of rotatable bonds is 7. The summed E-state index contributed by atoms with van der Waals surface area (Å²) in [6.07, 6.45) is 1.91. The Morgan fingerprint density at radius 3 is 2.33 bits per heavy atom. The van der Waals surface area contributed by atoms with Gasteiger partial charge in [0.1, 0.15) is 0 Å². The van der Waals surface area contributed by atoms with E-state index >= 15 is 0 Å². The average molecular weight is 375 g/mol. The molecule has 8 nitrogen and oxygen atoms in total. The maximum Gasteiger partial charge on any atom is 0.319 e. The molecule has 2 aliphatic rings. The molecule has 27 heavy (non-hydrogen) atoms. The summed E-state index contributed by atoms with van der Waals surface area (Å²) in [7, 11) is 4.58. The van der Waals surface area contributed by atoms with Gasteiger partial charge in [0.25, 0.3) is 5.91 Å². The summed E-state index contributed by atoms with van der Waals surface area (Å²) in [5, 5.41) is 5.62. The minimum Gasteiger partial charge on any atom is -0.493 e. The molecule has 0 saturated heterocycles. The van der Waals surface area contributed by atoms with Crippen LogP contribution in [0, 0.1) is 0 Å². The first-order valence-corrected chi connectivity index (χ1v) is 8.93. The van der Waals surface area contributed by atoms with Gasteiger partial charge >= 0.3 is 6.03 Å². The predicted octanol–water partition coefficient (Wildman–Crippen LogP) is 1.96. The predicted molar refractivity (Wildman–Crippen MR) is 99.0 cm³/mol. The van der Waals surface area contributed by atoms with Crippen LogP contribution in [0.3, 0.4) is 0 Å². The number of nitrogens with one attached hydrogen (secondary N) is 2. The first-order valence-electron chi connectivity index (χ1n) is 8.93. The van der Waals surface area contributed by atoms with Gasteiger partial charge in [-0.05, 0) is 24.1 Å². The van der Waals surface area contributed by atoms with Crippen LogP contribution >= 0.6 is 0 Å². The van der Waals surface area contributed by atoms with Crippen molar-refractivity contribution in [3.63, 3.8) is 0 Å². The highest BCUT2D eigenvalue weighted by Gasteiger charge is 2.40. The molecule has 0 radical (unpaired) electrons. The van der Waals surface area contributed by atoms with Crippen LogP contribution in [0.5, 0.6) is 17.2 Å². The number of nitrogens with zero attached hydrogens (tertiary/aromatic N) is 1. The molecule has 0 fully saturated rings. The van der Waals surface area contributed by atoms with Crippen molar-refractivity contribution in [2.75, 3.05) is 34.4 Å². The smallest absolute Gasteiger partial charge is 0.319 e. The van der Waals surface area contributed by atoms with Crippen molar-refractivity contribution in [1.82, 2.24) is 15.5 Å². The molecule has 146 valence electrons. The van der Waals surface area contributed by atoms with Crippen LogP contribution in [-0.4, -0.2) is 51.3 Å². The van der Waals surface area contributed by atoms with Gasteiger partial charge in [-0.25, -0.2) is 4.79 Å². The maximum absolute atomic E-state index is 13.0. The molecule has 1 atom stereocenters. The molecule has 0 saturated carbocycles. The third-order valence-electron chi connectivity index (χ3n) is 4.82. The Bertz CT molecular complexity index is 765. The highest BCUT2D eigenvalue weighted by atomic mass is 16.5. The van der Waals surface area contributed by atoms with Crippen LogP contribution < -0.4 is 24.8 Å². The normalized spacial score (nSPS) is 18.8. The largest absolute Gasteiger partial charge is 0.493 e. The first kappa shape index (κ1) is 18.9. The standard InChI is InChI=1S/C19H25N3O5/c1-5-6-7-22-10-12-15(18(22)23)16(21-19(24)20-12)11-8-13(25-2)17(27-4)14(9-11)26-3/h8-9,16H,5-7,10H2,1-4H3,(H2,20,21,24)/t16-/m0/s1. The van der Waals surface area contributed by atoms with Gasteiger partial charge < -0.3 is 29.7 Å². The molecule has 8 heteroatoms. The van der Waals surface area contributed by atoms with E-state index in [4.69, 9.17) is 14.2 Å². The number of amides is 3. The third-order valence-corrected chi connectivity index (χ3v) is 4.82. The number of benzene rings is 1. The Labute approximate surface area is 158 Å². The van der Waals surface area contributed by atoms with Crippen LogP contribution in [-0.2, 0) is 4.79 Å². The van der Waals surface area contributed by atoms with Crippen molar-refractivity contribution in [1.29, 1.82) is 0 Å². The van der Waals surface area contributed by atoms with Crippen LogP contribution in [0.25, 0.3) is 0 Å². The number of carbonyl (C=O) groups is 2. The van der Waals surface area contributed by atoms with Crippen LogP contribution in [0.4, 0.5) is 4.79 Å². The Morgan fingerprint density at radius 1 is 1.11 bits per heavy atom. The van der Waals surface area contributed by atoms with Gasteiger partial charge in [0.05, 0.1) is 45.2 Å². The second-order valence-corrected chi connectivity index (χ2v) is 6.46. The fourth-order valence-corrected chi connectivity index (χ4v) is 3.48. The summed E-state index contributed by atoms with van der Waals surface area (Å²) >= 11 is 0.